The second-order valence-electron chi connectivity index (χ2n) is 7.56. The Bertz CT molecular complexity index is 1120. The molecule has 3 aromatic rings. The number of aromatic nitrogens is 2. The first-order chi connectivity index (χ1) is 15.0. The molecule has 1 N–H and O–H groups in total. The van der Waals surface area contributed by atoms with Crippen molar-refractivity contribution < 1.29 is 14.4 Å². The quantitative estimate of drug-likeness (QED) is 0.625. The van der Waals surface area contributed by atoms with Crippen molar-refractivity contribution in [2.75, 3.05) is 11.4 Å². The van der Waals surface area contributed by atoms with E-state index in [0.717, 1.165) is 22.5 Å². The third-order valence-corrected chi connectivity index (χ3v) is 5.49. The molecular weight excluding hydrogens is 392 g/mol. The zero-order valence-corrected chi connectivity index (χ0v) is 17.6. The molecule has 0 bridgehead atoms. The van der Waals surface area contributed by atoms with Crippen molar-refractivity contribution in [2.45, 2.75) is 33.2 Å². The third kappa shape index (κ3) is 4.12. The minimum absolute atomic E-state index is 0.207. The number of nitrogens with zero attached hydrogens (tertiary/aromatic N) is 3. The molecule has 0 saturated carbocycles. The Morgan fingerprint density at radius 1 is 0.968 bits per heavy atom. The fourth-order valence-corrected chi connectivity index (χ4v) is 3.94. The van der Waals surface area contributed by atoms with Crippen molar-refractivity contribution in [1.29, 1.82) is 0 Å². The van der Waals surface area contributed by atoms with Gasteiger partial charge in [0.25, 0.3) is 5.91 Å². The highest BCUT2D eigenvalue weighted by atomic mass is 16.2. The predicted molar refractivity (Wildman–Crippen MR) is 118 cm³/mol. The molecule has 0 aliphatic carbocycles. The number of imide groups is 1. The zero-order valence-electron chi connectivity index (χ0n) is 17.6. The second kappa shape index (κ2) is 8.55. The van der Waals surface area contributed by atoms with Crippen molar-refractivity contribution >= 4 is 23.4 Å². The van der Waals surface area contributed by atoms with E-state index in [4.69, 9.17) is 0 Å². The van der Waals surface area contributed by atoms with Gasteiger partial charge in [0.15, 0.2) is 0 Å². The summed E-state index contributed by atoms with van der Waals surface area (Å²) in [7, 11) is 0. The molecule has 7 nitrogen and oxygen atoms in total. The van der Waals surface area contributed by atoms with Crippen LogP contribution in [0.2, 0.25) is 0 Å². The molecule has 0 radical (unpaired) electrons. The van der Waals surface area contributed by atoms with Gasteiger partial charge >= 0.3 is 0 Å². The van der Waals surface area contributed by atoms with Gasteiger partial charge in [0.2, 0.25) is 11.8 Å². The molecule has 1 aliphatic rings. The van der Waals surface area contributed by atoms with Crippen LogP contribution in [-0.4, -0.2) is 34.0 Å². The summed E-state index contributed by atoms with van der Waals surface area (Å²) in [6.07, 6.45) is 0.471. The van der Waals surface area contributed by atoms with Gasteiger partial charge in [-0.2, -0.15) is 5.10 Å². The van der Waals surface area contributed by atoms with E-state index in [9.17, 15) is 14.4 Å². The van der Waals surface area contributed by atoms with Crippen molar-refractivity contribution in [3.63, 3.8) is 0 Å². The number of benzene rings is 2. The molecule has 0 unspecified atom stereocenters. The number of amides is 3. The summed E-state index contributed by atoms with van der Waals surface area (Å²) >= 11 is 0. The summed E-state index contributed by atoms with van der Waals surface area (Å²) in [5.41, 5.74) is 5.23. The molecule has 1 fully saturated rings. The summed E-state index contributed by atoms with van der Waals surface area (Å²) < 4.78 is 1.91. The predicted octanol–water partition coefficient (Wildman–Crippen LogP) is 3.25. The Labute approximate surface area is 180 Å². The van der Waals surface area contributed by atoms with E-state index in [2.05, 4.69) is 22.5 Å². The fourth-order valence-electron chi connectivity index (χ4n) is 3.94. The topological polar surface area (TPSA) is 84.3 Å². The molecule has 158 valence electrons. The average Bonchev–Trinajstić information content (AvgIpc) is 3.26. The normalized spacial score (nSPS) is 13.7. The molecule has 3 amide bonds. The molecule has 0 atom stereocenters. The molecular formula is C24H24N4O3. The summed E-state index contributed by atoms with van der Waals surface area (Å²) in [5, 5.41) is 7.52. The smallest absolute Gasteiger partial charge is 0.251 e. The molecule has 2 heterocycles. The molecule has 1 aliphatic heterocycles. The standard InChI is InChI=1S/C24H24N4O3/c1-16-23(18-6-4-3-5-7-18)17(2)27(26-16)15-14-25-24(31)19-8-10-20(11-9-19)28-21(29)12-13-22(28)30/h3-11H,12-15H2,1-2H3,(H,25,31). The molecule has 1 saturated heterocycles. The van der Waals surface area contributed by atoms with E-state index in [0.29, 0.717) is 24.3 Å². The summed E-state index contributed by atoms with van der Waals surface area (Å²) in [6, 6.07) is 16.6. The van der Waals surface area contributed by atoms with Gasteiger partial charge < -0.3 is 5.32 Å². The van der Waals surface area contributed by atoms with Gasteiger partial charge in [-0.25, -0.2) is 0 Å². The van der Waals surface area contributed by atoms with Crippen LogP contribution < -0.4 is 10.2 Å². The lowest BCUT2D eigenvalue weighted by Crippen LogP contribution is -2.29. The number of carbonyl (C=O) groups excluding carboxylic acids is 3. The van der Waals surface area contributed by atoms with Crippen molar-refractivity contribution in [3.8, 4) is 11.1 Å². The van der Waals surface area contributed by atoms with Crippen LogP contribution in [0.15, 0.2) is 54.6 Å². The van der Waals surface area contributed by atoms with Gasteiger partial charge in [-0.1, -0.05) is 30.3 Å². The summed E-state index contributed by atoms with van der Waals surface area (Å²) in [4.78, 5) is 37.3. The molecule has 4 rings (SSSR count). The van der Waals surface area contributed by atoms with Gasteiger partial charge in [0, 0.05) is 36.2 Å². The monoisotopic (exact) mass is 416 g/mol. The lowest BCUT2D eigenvalue weighted by molar-refractivity contribution is -0.121. The number of carbonyl (C=O) groups is 3. The van der Waals surface area contributed by atoms with Crippen molar-refractivity contribution in [2.24, 2.45) is 0 Å². The van der Waals surface area contributed by atoms with E-state index in [1.54, 1.807) is 24.3 Å². The maximum Gasteiger partial charge on any atom is 0.251 e. The van der Waals surface area contributed by atoms with E-state index in [1.165, 1.54) is 4.90 Å². The molecule has 31 heavy (non-hydrogen) atoms. The van der Waals surface area contributed by atoms with E-state index < -0.39 is 0 Å². The molecule has 0 spiro atoms. The maximum absolute atomic E-state index is 12.5. The number of nitrogens with one attached hydrogen (secondary N) is 1. The van der Waals surface area contributed by atoms with E-state index in [-0.39, 0.29) is 30.6 Å². The number of anilines is 1. The van der Waals surface area contributed by atoms with Crippen LogP contribution in [0.3, 0.4) is 0 Å². The largest absolute Gasteiger partial charge is 0.350 e. The highest BCUT2D eigenvalue weighted by Gasteiger charge is 2.30. The van der Waals surface area contributed by atoms with Gasteiger partial charge in [-0.15, -0.1) is 0 Å². The van der Waals surface area contributed by atoms with Crippen molar-refractivity contribution in [3.05, 3.63) is 71.5 Å². The first-order valence-corrected chi connectivity index (χ1v) is 10.3. The van der Waals surface area contributed by atoms with Crippen LogP contribution in [0.1, 0.15) is 34.6 Å². The molecule has 2 aromatic carbocycles. The maximum atomic E-state index is 12.5. The highest BCUT2D eigenvalue weighted by Crippen LogP contribution is 2.26. The lowest BCUT2D eigenvalue weighted by Gasteiger charge is -2.14. The average molecular weight is 416 g/mol. The Morgan fingerprint density at radius 3 is 2.26 bits per heavy atom. The van der Waals surface area contributed by atoms with Crippen LogP contribution in [-0.2, 0) is 16.1 Å². The van der Waals surface area contributed by atoms with E-state index >= 15 is 0 Å². The van der Waals surface area contributed by atoms with Crippen LogP contribution >= 0.6 is 0 Å². The Kier molecular flexibility index (Phi) is 5.66. The third-order valence-electron chi connectivity index (χ3n) is 5.49. The number of hydrogen-bond acceptors (Lipinski definition) is 4. The first-order valence-electron chi connectivity index (χ1n) is 10.3. The van der Waals surface area contributed by atoms with Crippen LogP contribution in [0, 0.1) is 13.8 Å². The Hall–Kier alpha value is -3.74. The fraction of sp³-hybridized carbons (Fsp3) is 0.250. The number of rotatable bonds is 6. The molecule has 1 aromatic heterocycles. The minimum Gasteiger partial charge on any atom is -0.350 e. The Balaban J connectivity index is 1.38. The first kappa shape index (κ1) is 20.5. The van der Waals surface area contributed by atoms with Gasteiger partial charge in [-0.3, -0.25) is 24.0 Å². The highest BCUT2D eigenvalue weighted by molar-refractivity contribution is 6.19. The lowest BCUT2D eigenvalue weighted by atomic mass is 10.0. The zero-order chi connectivity index (χ0) is 22.0. The number of aryl methyl sites for hydroxylation is 1. The second-order valence-corrected chi connectivity index (χ2v) is 7.56. The summed E-state index contributed by atoms with van der Waals surface area (Å²) in [6.45, 7) is 5.01. The SMILES string of the molecule is Cc1nn(CCNC(=O)c2ccc(N3C(=O)CCC3=O)cc2)c(C)c1-c1ccccc1. The van der Waals surface area contributed by atoms with Crippen LogP contribution in [0.5, 0.6) is 0 Å². The van der Waals surface area contributed by atoms with Gasteiger partial charge in [-0.05, 0) is 43.7 Å². The minimum atomic E-state index is -0.213. The van der Waals surface area contributed by atoms with Crippen LogP contribution in [0.4, 0.5) is 5.69 Å². The van der Waals surface area contributed by atoms with Crippen molar-refractivity contribution in [1.82, 2.24) is 15.1 Å². The van der Waals surface area contributed by atoms with E-state index in [1.807, 2.05) is 36.7 Å². The van der Waals surface area contributed by atoms with Crippen LogP contribution in [0.25, 0.3) is 11.1 Å². The summed E-state index contributed by atoms with van der Waals surface area (Å²) in [5.74, 6) is -0.626. The Morgan fingerprint density at radius 2 is 1.61 bits per heavy atom. The molecule has 7 heteroatoms. The van der Waals surface area contributed by atoms with Gasteiger partial charge in [0.1, 0.15) is 0 Å². The van der Waals surface area contributed by atoms with Gasteiger partial charge in [0.05, 0.1) is 17.9 Å². The number of hydrogen-bond donors (Lipinski definition) is 1.